The predicted molar refractivity (Wildman–Crippen MR) is 112 cm³/mol. The number of fused-ring (bicyclic) bond motifs is 3. The van der Waals surface area contributed by atoms with Gasteiger partial charge in [-0.05, 0) is 36.8 Å². The fourth-order valence-electron chi connectivity index (χ4n) is 3.27. The molecular formula is C21H14N6O4. The van der Waals surface area contributed by atoms with Gasteiger partial charge in [0.05, 0.1) is 26.7 Å². The number of carbonyl (C=O) groups is 1. The number of imidazole rings is 1. The highest BCUT2D eigenvalue weighted by molar-refractivity contribution is 5.94. The van der Waals surface area contributed by atoms with Crippen molar-refractivity contribution >= 4 is 34.5 Å². The molecule has 0 aliphatic rings. The molecule has 0 unspecified atom stereocenters. The van der Waals surface area contributed by atoms with Crippen molar-refractivity contribution in [2.45, 2.75) is 6.92 Å². The Bertz CT molecular complexity index is 1520. The minimum absolute atomic E-state index is 0.132. The maximum Gasteiger partial charge on any atom is 0.269 e. The zero-order valence-corrected chi connectivity index (χ0v) is 16.1. The molecule has 1 amide bonds. The lowest BCUT2D eigenvalue weighted by Crippen LogP contribution is -2.40. The lowest BCUT2D eigenvalue weighted by molar-refractivity contribution is -0.384. The van der Waals surface area contributed by atoms with E-state index < -0.39 is 16.4 Å². The Labute approximate surface area is 174 Å². The summed E-state index contributed by atoms with van der Waals surface area (Å²) in [6.45, 7) is 1.63. The topological polar surface area (TPSA) is 142 Å². The first-order chi connectivity index (χ1) is 14.9. The maximum absolute atomic E-state index is 13.1. The summed E-state index contributed by atoms with van der Waals surface area (Å²) in [5.41, 5.74) is 6.77. The van der Waals surface area contributed by atoms with Crippen LogP contribution in [0.3, 0.4) is 0 Å². The van der Waals surface area contributed by atoms with Gasteiger partial charge >= 0.3 is 0 Å². The third-order valence-corrected chi connectivity index (χ3v) is 4.85. The van der Waals surface area contributed by atoms with E-state index >= 15 is 0 Å². The third kappa shape index (κ3) is 3.30. The molecule has 10 nitrogen and oxygen atoms in total. The molecule has 0 aliphatic heterocycles. The van der Waals surface area contributed by atoms with Gasteiger partial charge in [0.2, 0.25) is 0 Å². The van der Waals surface area contributed by atoms with E-state index in [9.17, 15) is 25.0 Å². The number of amides is 1. The van der Waals surface area contributed by atoms with E-state index in [1.54, 1.807) is 31.2 Å². The molecule has 2 N–H and O–H groups in total. The zero-order chi connectivity index (χ0) is 22.1. The quantitative estimate of drug-likeness (QED) is 0.379. The van der Waals surface area contributed by atoms with Gasteiger partial charge in [-0.3, -0.25) is 29.5 Å². The van der Waals surface area contributed by atoms with E-state index in [4.69, 9.17) is 0 Å². The minimum Gasteiger partial charge on any atom is -0.305 e. The second-order valence-corrected chi connectivity index (χ2v) is 6.64. The number of hydrazine groups is 1. The summed E-state index contributed by atoms with van der Waals surface area (Å²) in [6.07, 6.45) is 1.30. The molecule has 2 aromatic carbocycles. The van der Waals surface area contributed by atoms with E-state index in [1.165, 1.54) is 34.9 Å². The summed E-state index contributed by atoms with van der Waals surface area (Å²) in [6, 6.07) is 14.2. The SMILES string of the molecule is Cc1c(C#N)c2nc3ccccc3n2c(=O)/c1=C/NNC(=O)c1ccc([N+](=O)[O-])cc1. The van der Waals surface area contributed by atoms with E-state index in [2.05, 4.69) is 21.9 Å². The minimum atomic E-state index is -0.561. The fraction of sp³-hybridized carbons (Fsp3) is 0.0476. The largest absolute Gasteiger partial charge is 0.305 e. The maximum atomic E-state index is 13.1. The number of rotatable bonds is 4. The van der Waals surface area contributed by atoms with Crippen LogP contribution in [-0.2, 0) is 0 Å². The molecular weight excluding hydrogens is 400 g/mol. The normalized spacial score (nSPS) is 11.4. The Morgan fingerprint density at radius 1 is 1.23 bits per heavy atom. The fourth-order valence-corrected chi connectivity index (χ4v) is 3.27. The summed E-state index contributed by atoms with van der Waals surface area (Å²) in [5.74, 6) is -0.550. The van der Waals surface area contributed by atoms with Crippen LogP contribution in [0.15, 0.2) is 53.3 Å². The third-order valence-electron chi connectivity index (χ3n) is 4.85. The average Bonchev–Trinajstić information content (AvgIpc) is 3.15. The molecule has 0 atom stereocenters. The van der Waals surface area contributed by atoms with Gasteiger partial charge in [0.1, 0.15) is 6.07 Å². The number of aromatic nitrogens is 2. The standard InChI is InChI=1S/C21H14N6O4/c1-12-15(10-22)19-24-17-4-2-3-5-18(17)26(19)21(29)16(12)11-23-25-20(28)13-6-8-14(9-7-13)27(30)31/h2-9,11,23H,1H3,(H,25,28)/b16-11+. The molecule has 0 saturated heterocycles. The second kappa shape index (κ2) is 7.57. The van der Waals surface area contributed by atoms with Crippen molar-refractivity contribution < 1.29 is 9.72 Å². The first kappa shape index (κ1) is 19.5. The number of carbonyl (C=O) groups excluding carboxylic acids is 1. The highest BCUT2D eigenvalue weighted by Gasteiger charge is 2.16. The summed E-state index contributed by atoms with van der Waals surface area (Å²) in [4.78, 5) is 39.9. The van der Waals surface area contributed by atoms with Crippen LogP contribution in [0, 0.1) is 28.4 Å². The first-order valence-corrected chi connectivity index (χ1v) is 9.06. The van der Waals surface area contributed by atoms with E-state index in [0.717, 1.165) is 0 Å². The molecule has 0 aliphatic carbocycles. The molecule has 0 spiro atoms. The Balaban J connectivity index is 1.71. The molecule has 4 rings (SSSR count). The van der Waals surface area contributed by atoms with Crippen molar-refractivity contribution in [3.8, 4) is 6.07 Å². The van der Waals surface area contributed by atoms with Gasteiger partial charge < -0.3 is 5.43 Å². The summed E-state index contributed by atoms with van der Waals surface area (Å²) in [5, 5.41) is 20.5. The zero-order valence-electron chi connectivity index (χ0n) is 16.1. The van der Waals surface area contributed by atoms with Crippen LogP contribution in [0.25, 0.3) is 22.9 Å². The number of nitrogens with zero attached hydrogens (tertiary/aromatic N) is 4. The highest BCUT2D eigenvalue weighted by atomic mass is 16.6. The molecule has 2 aromatic heterocycles. The summed E-state index contributed by atoms with van der Waals surface area (Å²) in [7, 11) is 0. The van der Waals surface area contributed by atoms with Crippen LogP contribution >= 0.6 is 0 Å². The predicted octanol–water partition coefficient (Wildman–Crippen LogP) is 1.33. The molecule has 0 saturated carbocycles. The number of benzene rings is 2. The lowest BCUT2D eigenvalue weighted by atomic mass is 10.1. The van der Waals surface area contributed by atoms with Crippen LogP contribution < -0.4 is 21.6 Å². The van der Waals surface area contributed by atoms with Gasteiger partial charge in [-0.25, -0.2) is 4.98 Å². The second-order valence-electron chi connectivity index (χ2n) is 6.64. The monoisotopic (exact) mass is 414 g/mol. The van der Waals surface area contributed by atoms with E-state index in [-0.39, 0.29) is 27.7 Å². The molecule has 0 bridgehead atoms. The Hall–Kier alpha value is -4.78. The molecule has 2 heterocycles. The van der Waals surface area contributed by atoms with Crippen LogP contribution in [0.1, 0.15) is 21.5 Å². The van der Waals surface area contributed by atoms with Crippen LogP contribution in [0.5, 0.6) is 0 Å². The van der Waals surface area contributed by atoms with Crippen molar-refractivity contribution in [2.75, 3.05) is 0 Å². The Kier molecular flexibility index (Phi) is 4.77. The lowest BCUT2D eigenvalue weighted by Gasteiger charge is -2.06. The molecule has 4 aromatic rings. The van der Waals surface area contributed by atoms with Crippen molar-refractivity contribution in [3.05, 3.63) is 90.9 Å². The van der Waals surface area contributed by atoms with Crippen LogP contribution in [-0.4, -0.2) is 20.2 Å². The van der Waals surface area contributed by atoms with E-state index in [0.29, 0.717) is 16.6 Å². The molecule has 10 heteroatoms. The highest BCUT2D eigenvalue weighted by Crippen LogP contribution is 2.17. The number of hydrogen-bond acceptors (Lipinski definition) is 7. The van der Waals surface area contributed by atoms with Gasteiger partial charge in [0, 0.05) is 23.9 Å². The molecule has 152 valence electrons. The van der Waals surface area contributed by atoms with Gasteiger partial charge in [0.25, 0.3) is 17.2 Å². The number of non-ortho nitro benzene ring substituents is 1. The van der Waals surface area contributed by atoms with Crippen molar-refractivity contribution in [1.82, 2.24) is 20.2 Å². The number of para-hydroxylation sites is 2. The van der Waals surface area contributed by atoms with Gasteiger partial charge in [-0.15, -0.1) is 0 Å². The number of nitrogens with one attached hydrogen (secondary N) is 2. The molecule has 31 heavy (non-hydrogen) atoms. The Morgan fingerprint density at radius 3 is 2.61 bits per heavy atom. The van der Waals surface area contributed by atoms with Gasteiger partial charge in [0.15, 0.2) is 5.65 Å². The number of nitro groups is 1. The van der Waals surface area contributed by atoms with Crippen LogP contribution in [0.2, 0.25) is 0 Å². The first-order valence-electron chi connectivity index (χ1n) is 9.06. The average molecular weight is 414 g/mol. The van der Waals surface area contributed by atoms with Crippen molar-refractivity contribution in [1.29, 1.82) is 5.26 Å². The smallest absolute Gasteiger partial charge is 0.269 e. The van der Waals surface area contributed by atoms with Gasteiger partial charge in [-0.1, -0.05) is 12.1 Å². The summed E-state index contributed by atoms with van der Waals surface area (Å²) < 4.78 is 1.37. The van der Waals surface area contributed by atoms with E-state index in [1.807, 2.05) is 0 Å². The Morgan fingerprint density at radius 2 is 1.94 bits per heavy atom. The van der Waals surface area contributed by atoms with Gasteiger partial charge in [-0.2, -0.15) is 5.26 Å². The van der Waals surface area contributed by atoms with Crippen molar-refractivity contribution in [2.24, 2.45) is 0 Å². The molecule has 0 fully saturated rings. The van der Waals surface area contributed by atoms with Crippen LogP contribution in [0.4, 0.5) is 5.69 Å². The number of nitro benzene ring substituents is 1. The number of nitriles is 1. The number of hydrogen-bond donors (Lipinski definition) is 2. The molecule has 0 radical (unpaired) electrons. The number of pyridine rings is 1. The van der Waals surface area contributed by atoms with Crippen molar-refractivity contribution in [3.63, 3.8) is 0 Å². The summed E-state index contributed by atoms with van der Waals surface area (Å²) >= 11 is 0.